The molecule has 0 rings (SSSR count). The number of thioether (sulfide) groups is 1. The molecule has 3 nitrogen and oxygen atoms in total. The molecule has 0 heterocycles. The van der Waals surface area contributed by atoms with Crippen LogP contribution >= 0.6 is 11.8 Å². The minimum absolute atomic E-state index is 0.431. The summed E-state index contributed by atoms with van der Waals surface area (Å²) in [6.07, 6.45) is 0. The summed E-state index contributed by atoms with van der Waals surface area (Å²) >= 11 is 1.43. The molecular formula is C7H13NO2S. The molecule has 0 saturated carbocycles. The molecule has 11 heavy (non-hydrogen) atoms. The fourth-order valence-corrected chi connectivity index (χ4v) is 1.17. The zero-order chi connectivity index (χ0) is 8.85. The summed E-state index contributed by atoms with van der Waals surface area (Å²) in [6.45, 7) is 3.92. The molecule has 1 unspecified atom stereocenters. The second kappa shape index (κ2) is 5.21. The number of hydrogen-bond acceptors (Lipinski definition) is 3. The van der Waals surface area contributed by atoms with Crippen molar-refractivity contribution in [2.45, 2.75) is 19.9 Å². The normalized spacial score (nSPS) is 12.3. The van der Waals surface area contributed by atoms with E-state index in [0.717, 1.165) is 5.57 Å². The van der Waals surface area contributed by atoms with Crippen molar-refractivity contribution >= 4 is 17.7 Å². The van der Waals surface area contributed by atoms with Gasteiger partial charge in [0.25, 0.3) is 0 Å². The van der Waals surface area contributed by atoms with E-state index in [-0.39, 0.29) is 0 Å². The summed E-state index contributed by atoms with van der Waals surface area (Å²) in [4.78, 5) is 10.2. The van der Waals surface area contributed by atoms with Gasteiger partial charge in [-0.1, -0.05) is 5.57 Å². The van der Waals surface area contributed by atoms with Gasteiger partial charge in [0.15, 0.2) is 0 Å². The Balaban J connectivity index is 3.55. The third-order valence-corrected chi connectivity index (χ3v) is 2.10. The number of allylic oxidation sites excluding steroid dienone is 1. The molecule has 3 N–H and O–H groups in total. The van der Waals surface area contributed by atoms with Gasteiger partial charge >= 0.3 is 5.97 Å². The summed E-state index contributed by atoms with van der Waals surface area (Å²) in [6, 6.07) is -0.754. The second-order valence-electron chi connectivity index (χ2n) is 2.47. The van der Waals surface area contributed by atoms with Crippen LogP contribution in [0.25, 0.3) is 0 Å². The number of carboxylic acids is 1. The molecule has 0 aliphatic carbocycles. The Morgan fingerprint density at radius 2 is 2.27 bits per heavy atom. The number of rotatable bonds is 4. The number of aliphatic carboxylic acids is 1. The molecule has 0 bridgehead atoms. The fourth-order valence-electron chi connectivity index (χ4n) is 0.390. The molecule has 0 radical (unpaired) electrons. The van der Waals surface area contributed by atoms with Crippen LogP contribution in [0.15, 0.2) is 11.0 Å². The average Bonchev–Trinajstić information content (AvgIpc) is 1.86. The molecule has 0 aliphatic rings. The number of carboxylic acid groups (broad SMARTS) is 1. The highest BCUT2D eigenvalue weighted by molar-refractivity contribution is 8.02. The number of hydrogen-bond donors (Lipinski definition) is 2. The van der Waals surface area contributed by atoms with Gasteiger partial charge in [0.05, 0.1) is 0 Å². The topological polar surface area (TPSA) is 63.3 Å². The highest BCUT2D eigenvalue weighted by Gasteiger charge is 2.09. The lowest BCUT2D eigenvalue weighted by atomic mass is 10.4. The first-order chi connectivity index (χ1) is 5.04. The third kappa shape index (κ3) is 5.94. The van der Waals surface area contributed by atoms with Crippen LogP contribution in [0.5, 0.6) is 0 Å². The van der Waals surface area contributed by atoms with Gasteiger partial charge in [-0.2, -0.15) is 0 Å². The average molecular weight is 175 g/mol. The standard InChI is InChI=1S/C7H13NO2S/c1-5(2)3-11-4-6(8)7(9)10/h3,6H,4,8H2,1-2H3,(H,9,10). The molecule has 0 amide bonds. The minimum Gasteiger partial charge on any atom is -0.480 e. The Morgan fingerprint density at radius 3 is 2.64 bits per heavy atom. The maximum absolute atomic E-state index is 10.2. The largest absolute Gasteiger partial charge is 0.480 e. The van der Waals surface area contributed by atoms with Gasteiger partial charge in [-0.05, 0) is 19.3 Å². The van der Waals surface area contributed by atoms with Crippen molar-refractivity contribution in [3.05, 3.63) is 11.0 Å². The summed E-state index contributed by atoms with van der Waals surface area (Å²) in [5.74, 6) is -0.514. The van der Waals surface area contributed by atoms with Crippen LogP contribution in [0.4, 0.5) is 0 Å². The van der Waals surface area contributed by atoms with Crippen LogP contribution in [-0.4, -0.2) is 22.9 Å². The van der Waals surface area contributed by atoms with E-state index < -0.39 is 12.0 Å². The molecule has 4 heteroatoms. The van der Waals surface area contributed by atoms with Crippen molar-refractivity contribution in [2.24, 2.45) is 5.73 Å². The van der Waals surface area contributed by atoms with Crippen LogP contribution < -0.4 is 5.73 Å². The van der Waals surface area contributed by atoms with Crippen molar-refractivity contribution in [2.75, 3.05) is 5.75 Å². The smallest absolute Gasteiger partial charge is 0.321 e. The maximum atomic E-state index is 10.2. The highest BCUT2D eigenvalue weighted by Crippen LogP contribution is 2.07. The predicted octanol–water partition coefficient (Wildman–Crippen LogP) is 1.06. The number of nitrogens with two attached hydrogens (primary N) is 1. The molecule has 0 aromatic heterocycles. The fraction of sp³-hybridized carbons (Fsp3) is 0.571. The monoisotopic (exact) mass is 175 g/mol. The van der Waals surface area contributed by atoms with E-state index in [2.05, 4.69) is 0 Å². The second-order valence-corrected chi connectivity index (χ2v) is 3.38. The molecule has 1 atom stereocenters. The van der Waals surface area contributed by atoms with Crippen molar-refractivity contribution in [1.82, 2.24) is 0 Å². The van der Waals surface area contributed by atoms with E-state index in [1.165, 1.54) is 11.8 Å². The van der Waals surface area contributed by atoms with Gasteiger partial charge in [-0.3, -0.25) is 4.79 Å². The van der Waals surface area contributed by atoms with Crippen molar-refractivity contribution in [3.8, 4) is 0 Å². The van der Waals surface area contributed by atoms with Gasteiger partial charge in [-0.15, -0.1) is 11.8 Å². The Bertz CT molecular complexity index is 164. The summed E-state index contributed by atoms with van der Waals surface area (Å²) in [5.41, 5.74) is 6.41. The van der Waals surface area contributed by atoms with E-state index in [4.69, 9.17) is 10.8 Å². The first kappa shape index (κ1) is 10.5. The van der Waals surface area contributed by atoms with E-state index in [1.807, 2.05) is 19.3 Å². The molecule has 0 aromatic carbocycles. The van der Waals surface area contributed by atoms with Crippen LogP contribution in [-0.2, 0) is 4.79 Å². The van der Waals surface area contributed by atoms with E-state index in [1.54, 1.807) is 0 Å². The summed E-state index contributed by atoms with van der Waals surface area (Å²) in [7, 11) is 0. The van der Waals surface area contributed by atoms with E-state index >= 15 is 0 Å². The summed E-state index contributed by atoms with van der Waals surface area (Å²) < 4.78 is 0. The van der Waals surface area contributed by atoms with Gasteiger partial charge in [0, 0.05) is 5.75 Å². The molecular weight excluding hydrogens is 162 g/mol. The molecule has 0 fully saturated rings. The number of carbonyl (C=O) groups is 1. The lowest BCUT2D eigenvalue weighted by Gasteiger charge is -2.02. The van der Waals surface area contributed by atoms with Gasteiger partial charge < -0.3 is 10.8 Å². The first-order valence-corrected chi connectivity index (χ1v) is 4.32. The van der Waals surface area contributed by atoms with Crippen molar-refractivity contribution in [3.63, 3.8) is 0 Å². The van der Waals surface area contributed by atoms with Crippen LogP contribution in [0, 0.1) is 0 Å². The SMILES string of the molecule is CC(C)=CSCC(N)C(=O)O. The van der Waals surface area contributed by atoms with Gasteiger partial charge in [0.1, 0.15) is 6.04 Å². The van der Waals surface area contributed by atoms with E-state index in [9.17, 15) is 4.79 Å². The van der Waals surface area contributed by atoms with Crippen molar-refractivity contribution < 1.29 is 9.90 Å². The molecule has 0 aliphatic heterocycles. The van der Waals surface area contributed by atoms with Crippen molar-refractivity contribution in [1.29, 1.82) is 0 Å². The molecule has 0 saturated heterocycles. The van der Waals surface area contributed by atoms with E-state index in [0.29, 0.717) is 5.75 Å². The Morgan fingerprint density at radius 1 is 1.73 bits per heavy atom. The Hall–Kier alpha value is -0.480. The maximum Gasteiger partial charge on any atom is 0.321 e. The Kier molecular flexibility index (Phi) is 4.98. The van der Waals surface area contributed by atoms with Crippen LogP contribution in [0.2, 0.25) is 0 Å². The first-order valence-electron chi connectivity index (χ1n) is 3.27. The quantitative estimate of drug-likeness (QED) is 0.670. The van der Waals surface area contributed by atoms with Gasteiger partial charge in [-0.25, -0.2) is 0 Å². The zero-order valence-corrected chi connectivity index (χ0v) is 7.52. The third-order valence-electron chi connectivity index (χ3n) is 0.912. The summed E-state index contributed by atoms with van der Waals surface area (Å²) in [5, 5.41) is 10.3. The minimum atomic E-state index is -0.945. The van der Waals surface area contributed by atoms with Crippen LogP contribution in [0.1, 0.15) is 13.8 Å². The molecule has 0 spiro atoms. The Labute approximate surface area is 70.7 Å². The lowest BCUT2D eigenvalue weighted by molar-refractivity contribution is -0.137. The molecule has 0 aromatic rings. The highest BCUT2D eigenvalue weighted by atomic mass is 32.2. The molecule has 64 valence electrons. The van der Waals surface area contributed by atoms with Crippen LogP contribution in [0.3, 0.4) is 0 Å². The lowest BCUT2D eigenvalue weighted by Crippen LogP contribution is -2.32. The predicted molar refractivity (Wildman–Crippen MR) is 47.5 cm³/mol. The van der Waals surface area contributed by atoms with Gasteiger partial charge in [0.2, 0.25) is 0 Å². The zero-order valence-electron chi connectivity index (χ0n) is 6.70.